The number of carbonyl (C=O) groups is 1. The lowest BCUT2D eigenvalue weighted by atomic mass is 9.87. The third-order valence-corrected chi connectivity index (χ3v) is 4.50. The van der Waals surface area contributed by atoms with Gasteiger partial charge < -0.3 is 10.6 Å². The van der Waals surface area contributed by atoms with Crippen molar-refractivity contribution in [2.24, 2.45) is 0 Å². The lowest BCUT2D eigenvalue weighted by molar-refractivity contribution is 0.102. The van der Waals surface area contributed by atoms with E-state index in [1.807, 2.05) is 24.3 Å². The quantitative estimate of drug-likeness (QED) is 0.635. The molecule has 0 atom stereocenters. The molecule has 3 aromatic rings. The Balaban J connectivity index is 1.71. The van der Waals surface area contributed by atoms with Gasteiger partial charge in [0.15, 0.2) is 0 Å². The number of anilines is 2. The molecule has 6 heteroatoms. The van der Waals surface area contributed by atoms with E-state index < -0.39 is 0 Å². The standard InChI is InChI=1S/C23H25FN4O/c1-15-26-20(13-21(27-15)25-14-16-7-5-6-8-19(16)24)22(29)28-18-11-9-17(10-12-18)23(2,3)4/h5-13H,14H2,1-4H3,(H,28,29)(H,25,26,27). The van der Waals surface area contributed by atoms with Gasteiger partial charge in [-0.25, -0.2) is 14.4 Å². The minimum Gasteiger partial charge on any atom is -0.366 e. The molecular weight excluding hydrogens is 367 g/mol. The molecule has 150 valence electrons. The van der Waals surface area contributed by atoms with Gasteiger partial charge in [-0.1, -0.05) is 51.1 Å². The van der Waals surface area contributed by atoms with Gasteiger partial charge in [-0.2, -0.15) is 0 Å². The number of hydrogen-bond donors (Lipinski definition) is 2. The zero-order valence-electron chi connectivity index (χ0n) is 17.1. The maximum atomic E-state index is 13.8. The summed E-state index contributed by atoms with van der Waals surface area (Å²) in [5, 5.41) is 5.91. The summed E-state index contributed by atoms with van der Waals surface area (Å²) in [6, 6.07) is 15.8. The second-order valence-corrected chi connectivity index (χ2v) is 7.91. The van der Waals surface area contributed by atoms with Crippen LogP contribution in [0.25, 0.3) is 0 Å². The number of nitrogens with one attached hydrogen (secondary N) is 2. The van der Waals surface area contributed by atoms with Crippen molar-refractivity contribution in [3.63, 3.8) is 0 Å². The highest BCUT2D eigenvalue weighted by atomic mass is 19.1. The van der Waals surface area contributed by atoms with Crippen LogP contribution in [0.4, 0.5) is 15.9 Å². The molecule has 2 aromatic carbocycles. The van der Waals surface area contributed by atoms with Gasteiger partial charge in [0.1, 0.15) is 23.2 Å². The molecule has 0 fully saturated rings. The lowest BCUT2D eigenvalue weighted by Crippen LogP contribution is -2.16. The van der Waals surface area contributed by atoms with E-state index in [0.29, 0.717) is 22.9 Å². The first-order valence-corrected chi connectivity index (χ1v) is 9.47. The van der Waals surface area contributed by atoms with Gasteiger partial charge in [0.2, 0.25) is 0 Å². The summed E-state index contributed by atoms with van der Waals surface area (Å²) in [7, 11) is 0. The first-order valence-electron chi connectivity index (χ1n) is 9.47. The summed E-state index contributed by atoms with van der Waals surface area (Å²) in [6.07, 6.45) is 0. The van der Waals surface area contributed by atoms with Crippen LogP contribution < -0.4 is 10.6 Å². The molecule has 29 heavy (non-hydrogen) atoms. The molecule has 3 rings (SSSR count). The third kappa shape index (κ3) is 5.38. The van der Waals surface area contributed by atoms with E-state index in [2.05, 4.69) is 41.4 Å². The molecule has 1 amide bonds. The van der Waals surface area contributed by atoms with Gasteiger partial charge in [-0.3, -0.25) is 4.79 Å². The van der Waals surface area contributed by atoms with E-state index in [-0.39, 0.29) is 29.4 Å². The number of halogens is 1. The highest BCUT2D eigenvalue weighted by Gasteiger charge is 2.15. The number of aromatic nitrogens is 2. The maximum absolute atomic E-state index is 13.8. The number of amides is 1. The van der Waals surface area contributed by atoms with Crippen molar-refractivity contribution < 1.29 is 9.18 Å². The second-order valence-electron chi connectivity index (χ2n) is 7.91. The molecule has 0 bridgehead atoms. The minimum atomic E-state index is -0.326. The van der Waals surface area contributed by atoms with Crippen LogP contribution in [0, 0.1) is 12.7 Å². The molecule has 0 saturated heterocycles. The Morgan fingerprint density at radius 1 is 1.03 bits per heavy atom. The smallest absolute Gasteiger partial charge is 0.274 e. The monoisotopic (exact) mass is 392 g/mol. The number of carbonyl (C=O) groups excluding carboxylic acids is 1. The Bertz CT molecular complexity index is 1010. The molecule has 0 aliphatic heterocycles. The van der Waals surface area contributed by atoms with Crippen LogP contribution in [0.15, 0.2) is 54.6 Å². The highest BCUT2D eigenvalue weighted by molar-refractivity contribution is 6.03. The molecule has 0 radical (unpaired) electrons. The summed E-state index contributed by atoms with van der Waals surface area (Å²) < 4.78 is 13.8. The van der Waals surface area contributed by atoms with E-state index in [4.69, 9.17) is 0 Å². The molecule has 0 unspecified atom stereocenters. The van der Waals surface area contributed by atoms with Crippen molar-refractivity contribution >= 4 is 17.4 Å². The Morgan fingerprint density at radius 2 is 1.72 bits per heavy atom. The van der Waals surface area contributed by atoms with Crippen LogP contribution in [-0.2, 0) is 12.0 Å². The fraction of sp³-hybridized carbons (Fsp3) is 0.261. The van der Waals surface area contributed by atoms with Gasteiger partial charge in [0.05, 0.1) is 0 Å². The molecule has 0 aliphatic rings. The number of hydrogen-bond acceptors (Lipinski definition) is 4. The molecule has 2 N–H and O–H groups in total. The van der Waals surface area contributed by atoms with Crippen LogP contribution >= 0.6 is 0 Å². The van der Waals surface area contributed by atoms with E-state index in [9.17, 15) is 9.18 Å². The Labute approximate surface area is 170 Å². The van der Waals surface area contributed by atoms with E-state index in [0.717, 1.165) is 0 Å². The summed E-state index contributed by atoms with van der Waals surface area (Å²) in [5.41, 5.74) is 2.70. The van der Waals surface area contributed by atoms with Crippen molar-refractivity contribution in [1.82, 2.24) is 9.97 Å². The van der Waals surface area contributed by atoms with Crippen molar-refractivity contribution in [1.29, 1.82) is 0 Å². The molecule has 0 saturated carbocycles. The molecule has 5 nitrogen and oxygen atoms in total. The van der Waals surface area contributed by atoms with Crippen LogP contribution in [0.1, 0.15) is 48.2 Å². The fourth-order valence-corrected chi connectivity index (χ4v) is 2.85. The number of rotatable bonds is 5. The van der Waals surface area contributed by atoms with Gasteiger partial charge in [-0.05, 0) is 36.1 Å². The van der Waals surface area contributed by atoms with E-state index in [1.54, 1.807) is 31.2 Å². The molecule has 0 spiro atoms. The Kier molecular flexibility index (Phi) is 5.92. The summed E-state index contributed by atoms with van der Waals surface area (Å²) in [4.78, 5) is 21.1. The highest BCUT2D eigenvalue weighted by Crippen LogP contribution is 2.23. The first kappa shape index (κ1) is 20.5. The largest absolute Gasteiger partial charge is 0.366 e. The summed E-state index contributed by atoms with van der Waals surface area (Å²) in [6.45, 7) is 8.39. The predicted octanol–water partition coefficient (Wildman–Crippen LogP) is 5.09. The number of benzene rings is 2. The van der Waals surface area contributed by atoms with E-state index in [1.165, 1.54) is 11.6 Å². The molecule has 1 aromatic heterocycles. The summed E-state index contributed by atoms with van der Waals surface area (Å²) >= 11 is 0. The van der Waals surface area contributed by atoms with Crippen LogP contribution in [-0.4, -0.2) is 15.9 Å². The SMILES string of the molecule is Cc1nc(NCc2ccccc2F)cc(C(=O)Nc2ccc(C(C)(C)C)cc2)n1. The zero-order chi connectivity index (χ0) is 21.0. The Morgan fingerprint density at radius 3 is 2.38 bits per heavy atom. The average Bonchev–Trinajstić information content (AvgIpc) is 2.66. The van der Waals surface area contributed by atoms with Crippen LogP contribution in [0.5, 0.6) is 0 Å². The van der Waals surface area contributed by atoms with Crippen LogP contribution in [0.2, 0.25) is 0 Å². The minimum absolute atomic E-state index is 0.0467. The number of aryl methyl sites for hydroxylation is 1. The Hall–Kier alpha value is -3.28. The number of nitrogens with zero attached hydrogens (tertiary/aromatic N) is 2. The van der Waals surface area contributed by atoms with Crippen molar-refractivity contribution in [2.45, 2.75) is 39.7 Å². The topological polar surface area (TPSA) is 66.9 Å². The van der Waals surface area contributed by atoms with Crippen molar-refractivity contribution in [3.8, 4) is 0 Å². The predicted molar refractivity (Wildman–Crippen MR) is 114 cm³/mol. The average molecular weight is 392 g/mol. The first-order chi connectivity index (χ1) is 13.7. The summed E-state index contributed by atoms with van der Waals surface area (Å²) in [5.74, 6) is 0.307. The van der Waals surface area contributed by atoms with Gasteiger partial charge >= 0.3 is 0 Å². The zero-order valence-corrected chi connectivity index (χ0v) is 17.1. The lowest BCUT2D eigenvalue weighted by Gasteiger charge is -2.19. The molecular formula is C23H25FN4O. The van der Waals surface area contributed by atoms with Crippen molar-refractivity contribution in [3.05, 3.63) is 83.1 Å². The third-order valence-electron chi connectivity index (χ3n) is 4.50. The fourth-order valence-electron chi connectivity index (χ4n) is 2.85. The van der Waals surface area contributed by atoms with Crippen LogP contribution in [0.3, 0.4) is 0 Å². The van der Waals surface area contributed by atoms with E-state index >= 15 is 0 Å². The molecule has 1 heterocycles. The second kappa shape index (κ2) is 8.39. The molecule has 0 aliphatic carbocycles. The van der Waals surface area contributed by atoms with Gasteiger partial charge in [-0.15, -0.1) is 0 Å². The maximum Gasteiger partial charge on any atom is 0.274 e. The van der Waals surface area contributed by atoms with Gasteiger partial charge in [0.25, 0.3) is 5.91 Å². The van der Waals surface area contributed by atoms with Gasteiger partial charge in [0, 0.05) is 23.9 Å². The van der Waals surface area contributed by atoms with Crippen molar-refractivity contribution in [2.75, 3.05) is 10.6 Å². The normalized spacial score (nSPS) is 11.2.